The predicted molar refractivity (Wildman–Crippen MR) is 124 cm³/mol. The number of hydrogen-bond acceptors (Lipinski definition) is 6. The van der Waals surface area contributed by atoms with Gasteiger partial charge in [-0.3, -0.25) is 10.2 Å². The number of nitrogens with zero attached hydrogens (tertiary/aromatic N) is 3. The molecule has 0 aromatic heterocycles. The Kier molecular flexibility index (Phi) is 6.36. The van der Waals surface area contributed by atoms with Crippen LogP contribution in [-0.2, 0) is 11.4 Å². The molecule has 164 valence electrons. The highest BCUT2D eigenvalue weighted by molar-refractivity contribution is 8.26. The summed E-state index contributed by atoms with van der Waals surface area (Å²) in [5.41, 5.74) is 1.64. The Hall–Kier alpha value is -3.46. The van der Waals surface area contributed by atoms with E-state index in [1.165, 1.54) is 28.9 Å². The molecule has 0 radical (unpaired) electrons. The quantitative estimate of drug-likeness (QED) is 0.608. The molecule has 1 amide bonds. The lowest BCUT2D eigenvalue weighted by Gasteiger charge is -2.20. The number of amidine groups is 2. The third-order valence-corrected chi connectivity index (χ3v) is 5.74. The number of ether oxygens (including phenoxy) is 2. The zero-order valence-corrected chi connectivity index (χ0v) is 18.4. The van der Waals surface area contributed by atoms with Crippen molar-refractivity contribution in [3.05, 3.63) is 65.0 Å². The van der Waals surface area contributed by atoms with Gasteiger partial charge in [-0.15, -0.1) is 0 Å². The van der Waals surface area contributed by atoms with E-state index in [1.807, 2.05) is 13.8 Å². The lowest BCUT2D eigenvalue weighted by atomic mass is 10.1. The third kappa shape index (κ3) is 4.57. The van der Waals surface area contributed by atoms with Crippen molar-refractivity contribution in [2.24, 2.45) is 10.1 Å². The van der Waals surface area contributed by atoms with E-state index in [0.29, 0.717) is 35.3 Å². The first kappa shape index (κ1) is 21.8. The maximum atomic E-state index is 13.1. The van der Waals surface area contributed by atoms with Gasteiger partial charge in [0.2, 0.25) is 5.17 Å². The van der Waals surface area contributed by atoms with Gasteiger partial charge in [-0.05, 0) is 66.6 Å². The van der Waals surface area contributed by atoms with Crippen LogP contribution in [0.2, 0.25) is 0 Å². The van der Waals surface area contributed by atoms with Crippen LogP contribution in [0.25, 0.3) is 6.08 Å². The number of hydrogen-bond donors (Lipinski definition) is 1. The fraction of sp³-hybridized carbons (Fsp3) is 0.217. The molecule has 0 bridgehead atoms. The van der Waals surface area contributed by atoms with E-state index >= 15 is 0 Å². The van der Waals surface area contributed by atoms with Gasteiger partial charge in [-0.1, -0.05) is 25.1 Å². The maximum Gasteiger partial charge on any atom is 0.283 e. The van der Waals surface area contributed by atoms with Gasteiger partial charge in [0.1, 0.15) is 17.5 Å². The summed E-state index contributed by atoms with van der Waals surface area (Å²) in [5.74, 6) is 0.244. The summed E-state index contributed by atoms with van der Waals surface area (Å²) in [7, 11) is 0. The van der Waals surface area contributed by atoms with Gasteiger partial charge < -0.3 is 9.47 Å². The predicted octanol–water partition coefficient (Wildman–Crippen LogP) is 4.83. The molecule has 2 aromatic carbocycles. The van der Waals surface area contributed by atoms with E-state index in [2.05, 4.69) is 10.1 Å². The Balaban J connectivity index is 1.57. The molecule has 9 heteroatoms. The number of nitrogens with one attached hydrogen (secondary N) is 1. The smallest absolute Gasteiger partial charge is 0.283 e. The van der Waals surface area contributed by atoms with Crippen molar-refractivity contribution in [2.45, 2.75) is 26.9 Å². The van der Waals surface area contributed by atoms with Crippen molar-refractivity contribution in [1.82, 2.24) is 5.01 Å². The standard InChI is InChI=1S/C23H21FN4O3S/c1-3-20-27-28-21(25)17(22(29)26-23(28)32-20)11-15-7-10-18(19(12-15)30-4-2)31-13-14-5-8-16(24)9-6-14/h5-12,25H,3-4,13H2,1-2H3/b17-11-,25-21?. The van der Waals surface area contributed by atoms with Crippen molar-refractivity contribution in [3.8, 4) is 11.5 Å². The van der Waals surface area contributed by atoms with Crippen LogP contribution in [0.4, 0.5) is 4.39 Å². The van der Waals surface area contributed by atoms with Crippen LogP contribution >= 0.6 is 11.8 Å². The molecule has 2 aliphatic heterocycles. The van der Waals surface area contributed by atoms with Gasteiger partial charge in [-0.2, -0.15) is 15.1 Å². The Morgan fingerprint density at radius 1 is 1.12 bits per heavy atom. The summed E-state index contributed by atoms with van der Waals surface area (Å²) < 4.78 is 24.7. The molecule has 0 aliphatic carbocycles. The second-order valence-electron chi connectivity index (χ2n) is 6.92. The zero-order chi connectivity index (χ0) is 22.7. The monoisotopic (exact) mass is 452 g/mol. The van der Waals surface area contributed by atoms with E-state index in [4.69, 9.17) is 14.9 Å². The molecule has 2 heterocycles. The SMILES string of the molecule is CCOc1cc(/C=C2/C(=N)N3N=C(CC)SC3=NC2=O)ccc1OCc1ccc(F)cc1. The number of carbonyl (C=O) groups excluding carboxylic acids is 1. The highest BCUT2D eigenvalue weighted by atomic mass is 32.2. The van der Waals surface area contributed by atoms with E-state index < -0.39 is 5.91 Å². The molecule has 7 nitrogen and oxygen atoms in total. The van der Waals surface area contributed by atoms with Gasteiger partial charge in [-0.25, -0.2) is 4.39 Å². The maximum absolute atomic E-state index is 13.1. The minimum atomic E-state index is -0.476. The highest BCUT2D eigenvalue weighted by Crippen LogP contribution is 2.32. The molecule has 0 saturated heterocycles. The van der Waals surface area contributed by atoms with E-state index in [9.17, 15) is 9.18 Å². The molecule has 2 aromatic rings. The minimum Gasteiger partial charge on any atom is -0.490 e. The number of hydrazone groups is 1. The summed E-state index contributed by atoms with van der Waals surface area (Å²) in [4.78, 5) is 16.6. The molecule has 4 rings (SSSR count). The number of thioether (sulfide) groups is 1. The molecule has 0 unspecified atom stereocenters. The Morgan fingerprint density at radius 2 is 1.91 bits per heavy atom. The third-order valence-electron chi connectivity index (χ3n) is 4.69. The second-order valence-corrected chi connectivity index (χ2v) is 7.96. The Bertz CT molecular complexity index is 1160. The molecule has 0 saturated carbocycles. The molecular weight excluding hydrogens is 431 g/mol. The van der Waals surface area contributed by atoms with Crippen LogP contribution in [0.5, 0.6) is 11.5 Å². The minimum absolute atomic E-state index is 0.00875. The van der Waals surface area contributed by atoms with Crippen molar-refractivity contribution in [1.29, 1.82) is 5.41 Å². The summed E-state index contributed by atoms with van der Waals surface area (Å²) in [5, 5.41) is 15.4. The number of amides is 1. The first-order valence-electron chi connectivity index (χ1n) is 10.1. The Morgan fingerprint density at radius 3 is 2.62 bits per heavy atom. The summed E-state index contributed by atoms with van der Waals surface area (Å²) in [6.07, 6.45) is 2.30. The molecule has 0 atom stereocenters. The number of carbonyl (C=O) groups is 1. The molecular formula is C23H21FN4O3S. The summed E-state index contributed by atoms with van der Waals surface area (Å²) in [6, 6.07) is 11.3. The lowest BCUT2D eigenvalue weighted by molar-refractivity contribution is -0.114. The van der Waals surface area contributed by atoms with Crippen molar-refractivity contribution in [2.75, 3.05) is 6.61 Å². The molecule has 2 aliphatic rings. The van der Waals surface area contributed by atoms with Crippen molar-refractivity contribution in [3.63, 3.8) is 0 Å². The number of halogens is 1. The molecule has 0 fully saturated rings. The van der Waals surface area contributed by atoms with Gasteiger partial charge in [0.25, 0.3) is 5.91 Å². The highest BCUT2D eigenvalue weighted by Gasteiger charge is 2.35. The van der Waals surface area contributed by atoms with Gasteiger partial charge >= 0.3 is 0 Å². The van der Waals surface area contributed by atoms with Gasteiger partial charge in [0, 0.05) is 0 Å². The normalized spacial score (nSPS) is 16.7. The van der Waals surface area contributed by atoms with Crippen LogP contribution in [-0.4, -0.2) is 33.6 Å². The Labute approximate surface area is 189 Å². The van der Waals surface area contributed by atoms with Crippen molar-refractivity contribution < 1.29 is 18.7 Å². The van der Waals surface area contributed by atoms with Crippen LogP contribution in [0.3, 0.4) is 0 Å². The molecule has 32 heavy (non-hydrogen) atoms. The van der Waals surface area contributed by atoms with Crippen LogP contribution in [0.1, 0.15) is 31.4 Å². The zero-order valence-electron chi connectivity index (χ0n) is 17.6. The topological polar surface area (TPSA) is 87.3 Å². The number of fused-ring (bicyclic) bond motifs is 1. The molecule has 1 N–H and O–H groups in total. The van der Waals surface area contributed by atoms with E-state index in [-0.39, 0.29) is 23.8 Å². The first-order valence-corrected chi connectivity index (χ1v) is 10.9. The number of aliphatic imine (C=N–C) groups is 1. The average Bonchev–Trinajstić information content (AvgIpc) is 3.20. The second kappa shape index (κ2) is 9.35. The van der Waals surface area contributed by atoms with Crippen LogP contribution in [0, 0.1) is 11.2 Å². The fourth-order valence-electron chi connectivity index (χ4n) is 3.08. The average molecular weight is 453 g/mol. The summed E-state index contributed by atoms with van der Waals surface area (Å²) >= 11 is 1.31. The first-order chi connectivity index (χ1) is 15.5. The van der Waals surface area contributed by atoms with Crippen LogP contribution < -0.4 is 9.47 Å². The number of benzene rings is 2. The number of rotatable bonds is 7. The fourth-order valence-corrected chi connectivity index (χ4v) is 3.91. The van der Waals surface area contributed by atoms with E-state index in [1.54, 1.807) is 36.4 Å². The van der Waals surface area contributed by atoms with Crippen LogP contribution in [0.15, 0.2) is 58.1 Å². The van der Waals surface area contributed by atoms with Crippen molar-refractivity contribution >= 4 is 39.8 Å². The lowest BCUT2D eigenvalue weighted by Crippen LogP contribution is -2.35. The summed E-state index contributed by atoms with van der Waals surface area (Å²) in [6.45, 7) is 4.50. The molecule has 0 spiro atoms. The van der Waals surface area contributed by atoms with Gasteiger partial charge in [0.15, 0.2) is 17.3 Å². The van der Waals surface area contributed by atoms with Gasteiger partial charge in [0.05, 0.1) is 12.2 Å². The largest absolute Gasteiger partial charge is 0.490 e. The van der Waals surface area contributed by atoms with E-state index in [0.717, 1.165) is 10.6 Å².